The van der Waals surface area contributed by atoms with Crippen molar-refractivity contribution in [3.63, 3.8) is 0 Å². The Bertz CT molecular complexity index is 3710. The number of non-ortho nitro benzene ring substituents is 2. The van der Waals surface area contributed by atoms with Gasteiger partial charge in [-0.25, -0.2) is 0 Å². The summed E-state index contributed by atoms with van der Waals surface area (Å²) in [5.74, 6) is 0.386. The Labute approximate surface area is 426 Å². The molecule has 1 aliphatic carbocycles. The average Bonchev–Trinajstić information content (AvgIpc) is 4.03. The third kappa shape index (κ3) is 10.2. The molecular weight excluding hydrogens is 935 g/mol. The number of nitrogens with zero attached hydrogens (tertiary/aromatic N) is 7. The maximum absolute atomic E-state index is 12.3. The normalized spacial score (nSPS) is 11.8. The predicted molar refractivity (Wildman–Crippen MR) is 293 cm³/mol. The highest BCUT2D eigenvalue weighted by Crippen LogP contribution is 2.45. The van der Waals surface area contributed by atoms with Crippen molar-refractivity contribution in [3.05, 3.63) is 222 Å². The molecule has 0 saturated heterocycles. The van der Waals surface area contributed by atoms with E-state index in [0.717, 1.165) is 53.2 Å². The molecule has 74 heavy (non-hydrogen) atoms. The Morgan fingerprint density at radius 2 is 1.08 bits per heavy atom. The van der Waals surface area contributed by atoms with Crippen LogP contribution < -0.4 is 4.74 Å². The molecule has 0 fully saturated rings. The summed E-state index contributed by atoms with van der Waals surface area (Å²) in [6, 6.07) is 51.8. The highest BCUT2D eigenvalue weighted by atomic mass is 16.6. The second-order valence-electron chi connectivity index (χ2n) is 17.8. The van der Waals surface area contributed by atoms with E-state index in [1.807, 2.05) is 26.0 Å². The van der Waals surface area contributed by atoms with E-state index in [-0.39, 0.29) is 16.8 Å². The van der Waals surface area contributed by atoms with Gasteiger partial charge in [-0.3, -0.25) is 35.1 Å². The number of benzene rings is 8. The van der Waals surface area contributed by atoms with Crippen molar-refractivity contribution in [2.75, 3.05) is 7.11 Å². The number of ketones is 1. The Morgan fingerprint density at radius 3 is 1.58 bits per heavy atom. The minimum atomic E-state index is -0.741. The highest BCUT2D eigenvalue weighted by molar-refractivity contribution is 6.23. The van der Waals surface area contributed by atoms with Gasteiger partial charge in [0.2, 0.25) is 0 Å². The van der Waals surface area contributed by atoms with Crippen LogP contribution in [0.25, 0.3) is 54.7 Å². The summed E-state index contributed by atoms with van der Waals surface area (Å²) in [6.45, 7) is 13.4. The number of carbonyl (C=O) groups is 1. The number of aromatic nitrogens is 2. The number of nitro groups is 3. The molecule has 0 spiro atoms. The lowest BCUT2D eigenvalue weighted by Gasteiger charge is -2.14. The zero-order chi connectivity index (χ0) is 52.8. The number of nitro benzene ring substituents is 3. The number of para-hydroxylation sites is 4. The number of rotatable bonds is 9. The lowest BCUT2D eigenvalue weighted by Crippen LogP contribution is -2.02. The molecule has 2 heterocycles. The number of hydrogen-bond donors (Lipinski definition) is 0. The molecule has 8 aromatic carbocycles. The van der Waals surface area contributed by atoms with Gasteiger partial charge in [-0.2, -0.15) is 10.2 Å². The summed E-state index contributed by atoms with van der Waals surface area (Å²) in [5, 5.41) is 46.4. The van der Waals surface area contributed by atoms with Gasteiger partial charge in [0.1, 0.15) is 5.75 Å². The molecule has 10 aromatic rings. The number of methoxy groups -OCH3 is 1. The van der Waals surface area contributed by atoms with E-state index < -0.39 is 31.9 Å². The molecule has 0 N–H and O–H groups in total. The van der Waals surface area contributed by atoms with Crippen LogP contribution in [0.3, 0.4) is 0 Å². The van der Waals surface area contributed by atoms with E-state index in [1.165, 1.54) is 55.7 Å². The minimum absolute atomic E-state index is 0.0106. The molecule has 0 aliphatic heterocycles. The van der Waals surface area contributed by atoms with Gasteiger partial charge in [-0.15, -0.1) is 0 Å². The van der Waals surface area contributed by atoms with E-state index in [4.69, 9.17) is 4.74 Å². The lowest BCUT2D eigenvalue weighted by molar-refractivity contribution is -0.393. The topological polar surface area (TPSA) is 190 Å². The molecule has 11 rings (SSSR count). The van der Waals surface area contributed by atoms with Crippen LogP contribution in [0.1, 0.15) is 65.8 Å². The first kappa shape index (κ1) is 51.0. The Hall–Kier alpha value is -9.37. The second kappa shape index (κ2) is 22.0. The molecule has 0 saturated carbocycles. The SMILES string of the molecule is CCC(C)n1c2ccccc2c2ccccc21.CCn1c2ccccc2c2ccccc21.COc1cc(C)c(N=Nc2ccc([N+](=O)[O-])cc2)cc1C.Cc1ccc2c(c1)C(=O)c1cc([N+](=O)[O-])cc([N+](=O)[O-])c1-2. The fourth-order valence-corrected chi connectivity index (χ4v) is 9.34. The van der Waals surface area contributed by atoms with E-state index in [2.05, 4.69) is 137 Å². The second-order valence-corrected chi connectivity index (χ2v) is 17.8. The van der Waals surface area contributed by atoms with Gasteiger partial charge in [0.05, 0.1) is 44.9 Å². The number of hydrogen-bond acceptors (Lipinski definition) is 10. The summed E-state index contributed by atoms with van der Waals surface area (Å²) in [4.78, 5) is 43.1. The largest absolute Gasteiger partial charge is 0.496 e. The van der Waals surface area contributed by atoms with Gasteiger partial charge in [-0.1, -0.05) is 97.4 Å². The fourth-order valence-electron chi connectivity index (χ4n) is 9.34. The van der Waals surface area contributed by atoms with E-state index in [9.17, 15) is 35.1 Å². The van der Waals surface area contributed by atoms with E-state index in [1.54, 1.807) is 44.4 Å². The van der Waals surface area contributed by atoms with Crippen LogP contribution in [-0.4, -0.2) is 36.8 Å². The molecule has 15 heteroatoms. The number of carbonyl (C=O) groups excluding carboxylic acids is 1. The molecule has 372 valence electrons. The van der Waals surface area contributed by atoms with Gasteiger partial charge in [-0.05, 0) is 107 Å². The van der Waals surface area contributed by atoms with Gasteiger partial charge in [0.15, 0.2) is 5.78 Å². The van der Waals surface area contributed by atoms with Crippen LogP contribution in [0.2, 0.25) is 0 Å². The molecule has 15 nitrogen and oxygen atoms in total. The first-order chi connectivity index (χ1) is 35.6. The van der Waals surface area contributed by atoms with Crippen molar-refractivity contribution in [1.82, 2.24) is 9.13 Å². The number of azo groups is 1. The standard InChI is InChI=1S/C16H17N.C15H15N3O3.C14H8N2O5.C14H13N/c1-3-12(2)17-15-10-6-4-8-13(15)14-9-5-7-11-16(14)17;1-10-9-15(21-3)11(2)8-14(10)17-16-12-4-6-13(7-5-12)18(19)20;1-7-2-3-9-10(4-7)14(17)11-5-8(15(18)19)6-12(13(9)11)16(20)21;1-2-15-13-9-5-3-7-11(13)12-8-4-6-10-14(12)15/h4-12H,3H2,1-2H3;4-9H,1-3H3;2-6H,1H3;3-10H,2H2,1H3. The van der Waals surface area contributed by atoms with Crippen LogP contribution in [0, 0.1) is 51.1 Å². The lowest BCUT2D eigenvalue weighted by atomic mass is 10.0. The molecule has 2 aromatic heterocycles. The quantitative estimate of drug-likeness (QED) is 0.0775. The fraction of sp³-hybridized carbons (Fsp3) is 0.169. The van der Waals surface area contributed by atoms with Gasteiger partial charge >= 0.3 is 0 Å². The van der Waals surface area contributed by atoms with Crippen LogP contribution in [0.5, 0.6) is 5.75 Å². The molecule has 1 unspecified atom stereocenters. The Kier molecular flexibility index (Phi) is 15.1. The number of aryl methyl sites for hydroxylation is 4. The van der Waals surface area contributed by atoms with Crippen molar-refractivity contribution >= 4 is 77.8 Å². The van der Waals surface area contributed by atoms with Gasteiger partial charge < -0.3 is 13.9 Å². The zero-order valence-corrected chi connectivity index (χ0v) is 42.0. The molecular formula is C59H53N7O8. The van der Waals surface area contributed by atoms with Gasteiger partial charge in [0.25, 0.3) is 17.1 Å². The predicted octanol–water partition coefficient (Wildman–Crippen LogP) is 16.2. The first-order valence-electron chi connectivity index (χ1n) is 24.0. The average molecular weight is 988 g/mol. The molecule has 0 radical (unpaired) electrons. The molecule has 0 amide bonds. The third-order valence-corrected chi connectivity index (χ3v) is 13.1. The number of fused-ring (bicyclic) bond motifs is 9. The monoisotopic (exact) mass is 987 g/mol. The van der Waals surface area contributed by atoms with Crippen LogP contribution in [0.15, 0.2) is 174 Å². The number of ether oxygens (including phenoxy) is 1. The van der Waals surface area contributed by atoms with Gasteiger partial charge in [0, 0.05) is 91.1 Å². The van der Waals surface area contributed by atoms with Crippen molar-refractivity contribution < 1.29 is 24.3 Å². The van der Waals surface area contributed by atoms with Crippen molar-refractivity contribution in [2.45, 2.75) is 60.5 Å². The summed E-state index contributed by atoms with van der Waals surface area (Å²) < 4.78 is 10.1. The van der Waals surface area contributed by atoms with Crippen molar-refractivity contribution in [2.24, 2.45) is 10.2 Å². The zero-order valence-electron chi connectivity index (χ0n) is 42.0. The van der Waals surface area contributed by atoms with Crippen LogP contribution in [-0.2, 0) is 6.54 Å². The first-order valence-corrected chi connectivity index (χ1v) is 24.0. The summed E-state index contributed by atoms with van der Waals surface area (Å²) in [7, 11) is 1.62. The van der Waals surface area contributed by atoms with Crippen LogP contribution in [0.4, 0.5) is 28.4 Å². The van der Waals surface area contributed by atoms with Crippen LogP contribution >= 0.6 is 0 Å². The minimum Gasteiger partial charge on any atom is -0.496 e. The molecule has 1 aliphatic rings. The highest BCUT2D eigenvalue weighted by Gasteiger charge is 2.36. The van der Waals surface area contributed by atoms with Crippen molar-refractivity contribution in [1.29, 1.82) is 0 Å². The smallest absolute Gasteiger partial charge is 0.284 e. The maximum Gasteiger partial charge on any atom is 0.284 e. The molecule has 0 bridgehead atoms. The van der Waals surface area contributed by atoms with E-state index in [0.29, 0.717) is 22.9 Å². The summed E-state index contributed by atoms with van der Waals surface area (Å²) in [6.07, 6.45) is 1.16. The van der Waals surface area contributed by atoms with E-state index >= 15 is 0 Å². The molecule has 1 atom stereocenters. The third-order valence-electron chi connectivity index (χ3n) is 13.1. The Balaban J connectivity index is 0.000000132. The van der Waals surface area contributed by atoms with Crippen molar-refractivity contribution in [3.8, 4) is 16.9 Å². The summed E-state index contributed by atoms with van der Waals surface area (Å²) in [5.41, 5.74) is 9.54. The maximum atomic E-state index is 12.3. The Morgan fingerprint density at radius 1 is 0.554 bits per heavy atom. The summed E-state index contributed by atoms with van der Waals surface area (Å²) >= 11 is 0.